The number of methoxy groups -OCH3 is 1. The van der Waals surface area contributed by atoms with E-state index in [2.05, 4.69) is 10.3 Å². The second-order valence-electron chi connectivity index (χ2n) is 4.98. The predicted octanol–water partition coefficient (Wildman–Crippen LogP) is 2.58. The number of esters is 1. The van der Waals surface area contributed by atoms with Crippen LogP contribution in [-0.4, -0.2) is 30.1 Å². The zero-order valence-corrected chi connectivity index (χ0v) is 13.2. The number of anilines is 1. The molecule has 6 nitrogen and oxygen atoms in total. The van der Waals surface area contributed by atoms with Gasteiger partial charge in [0.2, 0.25) is 0 Å². The number of nitrogens with one attached hydrogen (secondary N) is 1. The summed E-state index contributed by atoms with van der Waals surface area (Å²) in [5.74, 6) is -0.473. The van der Waals surface area contributed by atoms with E-state index in [1.54, 1.807) is 12.1 Å². The van der Waals surface area contributed by atoms with Crippen molar-refractivity contribution in [2.75, 3.05) is 12.4 Å². The minimum absolute atomic E-state index is 0.341. The zero-order chi connectivity index (χ0) is 16.8. The first-order valence-electron chi connectivity index (χ1n) is 7.07. The summed E-state index contributed by atoms with van der Waals surface area (Å²) >= 11 is 0. The number of nitrogens with zero attached hydrogens (tertiary/aromatic N) is 1. The summed E-state index contributed by atoms with van der Waals surface area (Å²) in [7, 11) is 1.52. The van der Waals surface area contributed by atoms with Crippen molar-refractivity contribution in [2.24, 2.45) is 0 Å². The minimum atomic E-state index is -0.944. The van der Waals surface area contributed by atoms with E-state index >= 15 is 0 Å². The molecule has 23 heavy (non-hydrogen) atoms. The molecule has 0 aliphatic rings. The standard InChI is InChI=1S/C17H18N2O4/c1-11-4-5-15(22-3)14(10-11)19-16(20)12(2)23-17(21)13-6-8-18-9-7-13/h4-10,12H,1-3H3,(H,19,20). The number of amides is 1. The van der Waals surface area contributed by atoms with Crippen LogP contribution < -0.4 is 10.1 Å². The van der Waals surface area contributed by atoms with Gasteiger partial charge in [0.05, 0.1) is 18.4 Å². The topological polar surface area (TPSA) is 77.5 Å². The van der Waals surface area contributed by atoms with Gasteiger partial charge in [-0.1, -0.05) is 6.07 Å². The number of ether oxygens (including phenoxy) is 2. The maximum absolute atomic E-state index is 12.2. The summed E-state index contributed by atoms with van der Waals surface area (Å²) in [5.41, 5.74) is 1.85. The van der Waals surface area contributed by atoms with E-state index in [1.807, 2.05) is 13.0 Å². The van der Waals surface area contributed by atoms with Gasteiger partial charge in [-0.15, -0.1) is 0 Å². The van der Waals surface area contributed by atoms with Crippen molar-refractivity contribution in [1.82, 2.24) is 4.98 Å². The maximum Gasteiger partial charge on any atom is 0.339 e. The molecule has 120 valence electrons. The molecule has 0 spiro atoms. The number of hydrogen-bond acceptors (Lipinski definition) is 5. The van der Waals surface area contributed by atoms with Crippen LogP contribution in [0.15, 0.2) is 42.7 Å². The van der Waals surface area contributed by atoms with Crippen LogP contribution in [0.5, 0.6) is 5.75 Å². The highest BCUT2D eigenvalue weighted by Crippen LogP contribution is 2.25. The molecular weight excluding hydrogens is 296 g/mol. The summed E-state index contributed by atoms with van der Waals surface area (Å²) in [4.78, 5) is 28.0. The van der Waals surface area contributed by atoms with Crippen molar-refractivity contribution < 1.29 is 19.1 Å². The van der Waals surface area contributed by atoms with Crippen LogP contribution in [-0.2, 0) is 9.53 Å². The van der Waals surface area contributed by atoms with Gasteiger partial charge >= 0.3 is 5.97 Å². The lowest BCUT2D eigenvalue weighted by molar-refractivity contribution is -0.123. The van der Waals surface area contributed by atoms with E-state index in [9.17, 15) is 9.59 Å². The van der Waals surface area contributed by atoms with Gasteiger partial charge in [-0.25, -0.2) is 4.79 Å². The highest BCUT2D eigenvalue weighted by atomic mass is 16.5. The second-order valence-corrected chi connectivity index (χ2v) is 4.98. The zero-order valence-electron chi connectivity index (χ0n) is 13.2. The molecule has 1 atom stereocenters. The molecule has 1 aromatic heterocycles. The Kier molecular flexibility index (Phi) is 5.30. The SMILES string of the molecule is COc1ccc(C)cc1NC(=O)C(C)OC(=O)c1ccncc1. The predicted molar refractivity (Wildman–Crippen MR) is 85.5 cm³/mol. The maximum atomic E-state index is 12.2. The van der Waals surface area contributed by atoms with Gasteiger partial charge in [-0.3, -0.25) is 9.78 Å². The number of carbonyl (C=O) groups is 2. The molecule has 0 saturated carbocycles. The molecule has 0 radical (unpaired) electrons. The number of benzene rings is 1. The van der Waals surface area contributed by atoms with E-state index < -0.39 is 18.0 Å². The van der Waals surface area contributed by atoms with Crippen molar-refractivity contribution in [2.45, 2.75) is 20.0 Å². The van der Waals surface area contributed by atoms with Gasteiger partial charge in [0, 0.05) is 12.4 Å². The number of carbonyl (C=O) groups excluding carboxylic acids is 2. The van der Waals surface area contributed by atoms with Crippen molar-refractivity contribution in [3.05, 3.63) is 53.9 Å². The first-order chi connectivity index (χ1) is 11.0. The molecule has 0 aliphatic heterocycles. The van der Waals surface area contributed by atoms with Gasteiger partial charge in [-0.05, 0) is 43.7 Å². The van der Waals surface area contributed by atoms with E-state index in [-0.39, 0.29) is 0 Å². The van der Waals surface area contributed by atoms with Crippen LogP contribution in [0.1, 0.15) is 22.8 Å². The Hall–Kier alpha value is -2.89. The molecule has 1 amide bonds. The number of aryl methyl sites for hydroxylation is 1. The average molecular weight is 314 g/mol. The molecule has 1 N–H and O–H groups in total. The van der Waals surface area contributed by atoms with Crippen LogP contribution in [0.2, 0.25) is 0 Å². The summed E-state index contributed by atoms with van der Waals surface area (Å²) in [5, 5.41) is 2.71. The third-order valence-corrected chi connectivity index (χ3v) is 3.18. The lowest BCUT2D eigenvalue weighted by Crippen LogP contribution is -2.30. The Morgan fingerprint density at radius 3 is 2.52 bits per heavy atom. The Labute approximate surface area is 134 Å². The normalized spacial score (nSPS) is 11.4. The lowest BCUT2D eigenvalue weighted by atomic mass is 10.2. The molecule has 1 aromatic carbocycles. The first kappa shape index (κ1) is 16.5. The number of rotatable bonds is 5. The quantitative estimate of drug-likeness (QED) is 0.858. The van der Waals surface area contributed by atoms with E-state index in [0.29, 0.717) is 17.0 Å². The highest BCUT2D eigenvalue weighted by Gasteiger charge is 2.20. The van der Waals surface area contributed by atoms with Gasteiger partial charge in [0.1, 0.15) is 5.75 Å². The third kappa shape index (κ3) is 4.29. The molecule has 1 unspecified atom stereocenters. The Morgan fingerprint density at radius 2 is 1.87 bits per heavy atom. The molecule has 0 bridgehead atoms. The monoisotopic (exact) mass is 314 g/mol. The van der Waals surface area contributed by atoms with E-state index in [1.165, 1.54) is 38.6 Å². The molecular formula is C17H18N2O4. The fourth-order valence-electron chi connectivity index (χ4n) is 1.92. The first-order valence-corrected chi connectivity index (χ1v) is 7.07. The van der Waals surface area contributed by atoms with Crippen LogP contribution in [0.25, 0.3) is 0 Å². The molecule has 0 fully saturated rings. The summed E-state index contributed by atoms with van der Waals surface area (Å²) in [6.07, 6.45) is 2.03. The molecule has 2 aromatic rings. The summed E-state index contributed by atoms with van der Waals surface area (Å²) in [6, 6.07) is 8.47. The van der Waals surface area contributed by atoms with E-state index in [0.717, 1.165) is 5.56 Å². The Morgan fingerprint density at radius 1 is 1.17 bits per heavy atom. The van der Waals surface area contributed by atoms with Crippen LogP contribution in [0, 0.1) is 6.92 Å². The highest BCUT2D eigenvalue weighted by molar-refractivity contribution is 5.98. The smallest absolute Gasteiger partial charge is 0.339 e. The van der Waals surface area contributed by atoms with Crippen molar-refractivity contribution in [1.29, 1.82) is 0 Å². The molecule has 6 heteroatoms. The average Bonchev–Trinajstić information content (AvgIpc) is 2.55. The Bertz CT molecular complexity index is 701. The minimum Gasteiger partial charge on any atom is -0.495 e. The molecule has 0 aliphatic carbocycles. The van der Waals surface area contributed by atoms with Crippen molar-refractivity contribution in [3.8, 4) is 5.75 Å². The summed E-state index contributed by atoms with van der Waals surface area (Å²) in [6.45, 7) is 3.42. The lowest BCUT2D eigenvalue weighted by Gasteiger charge is -2.15. The van der Waals surface area contributed by atoms with Gasteiger partial charge in [0.15, 0.2) is 6.10 Å². The third-order valence-electron chi connectivity index (χ3n) is 3.18. The molecule has 2 rings (SSSR count). The van der Waals surface area contributed by atoms with Crippen molar-refractivity contribution >= 4 is 17.6 Å². The second kappa shape index (κ2) is 7.40. The van der Waals surface area contributed by atoms with Crippen LogP contribution >= 0.6 is 0 Å². The fourth-order valence-corrected chi connectivity index (χ4v) is 1.92. The van der Waals surface area contributed by atoms with E-state index in [4.69, 9.17) is 9.47 Å². The number of aromatic nitrogens is 1. The number of hydrogen-bond donors (Lipinski definition) is 1. The van der Waals surface area contributed by atoms with Gasteiger partial charge in [-0.2, -0.15) is 0 Å². The van der Waals surface area contributed by atoms with Crippen LogP contribution in [0.4, 0.5) is 5.69 Å². The molecule has 0 saturated heterocycles. The number of pyridine rings is 1. The molecule has 1 heterocycles. The van der Waals surface area contributed by atoms with Gasteiger partial charge < -0.3 is 14.8 Å². The fraction of sp³-hybridized carbons (Fsp3) is 0.235. The van der Waals surface area contributed by atoms with Crippen molar-refractivity contribution in [3.63, 3.8) is 0 Å². The van der Waals surface area contributed by atoms with Gasteiger partial charge in [0.25, 0.3) is 5.91 Å². The Balaban J connectivity index is 2.03. The summed E-state index contributed by atoms with van der Waals surface area (Å²) < 4.78 is 10.4. The largest absolute Gasteiger partial charge is 0.495 e. The van der Waals surface area contributed by atoms with Crippen LogP contribution in [0.3, 0.4) is 0 Å².